The Morgan fingerprint density at radius 3 is 2.56 bits per heavy atom. The smallest absolute Gasteiger partial charge is 0.143 e. The van der Waals surface area contributed by atoms with E-state index < -0.39 is 0 Å². The number of carbonyl (C=O) groups excluding carboxylic acids is 1. The highest BCUT2D eigenvalue weighted by Gasteiger charge is 2.12. The normalized spacial score (nSPS) is 11.4. The van der Waals surface area contributed by atoms with Gasteiger partial charge in [0, 0.05) is 19.4 Å². The minimum atomic E-state index is 0.0694. The summed E-state index contributed by atoms with van der Waals surface area (Å²) in [4.78, 5) is 13.5. The fourth-order valence-electron chi connectivity index (χ4n) is 3.00. The average molecular weight is 366 g/mol. The molecule has 0 bridgehead atoms. The van der Waals surface area contributed by atoms with E-state index in [1.54, 1.807) is 12.1 Å². The van der Waals surface area contributed by atoms with E-state index in [2.05, 4.69) is 29.4 Å². The van der Waals surface area contributed by atoms with E-state index >= 15 is 0 Å². The molecular weight excluding hydrogens is 340 g/mol. The standard InChI is InChI=1S/C21H26N4O2/c1-14(2)4-7-17(26)10-15-6-9-20(21(27)12-15)25-23-18-8-5-16(13-22-3)11-19(18)24-25/h5-6,8-9,11-12,14,22,27H,4,7,10,13H2,1-3H3. The Hall–Kier alpha value is -2.73. The van der Waals surface area contributed by atoms with Crippen LogP contribution in [0.4, 0.5) is 0 Å². The predicted molar refractivity (Wildman–Crippen MR) is 106 cm³/mol. The number of ketones is 1. The Morgan fingerprint density at radius 2 is 1.85 bits per heavy atom. The Morgan fingerprint density at radius 1 is 1.11 bits per heavy atom. The van der Waals surface area contributed by atoms with E-state index in [0.717, 1.165) is 35.1 Å². The lowest BCUT2D eigenvalue weighted by atomic mass is 10.0. The molecule has 0 radical (unpaired) electrons. The number of nitrogens with zero attached hydrogens (tertiary/aromatic N) is 3. The van der Waals surface area contributed by atoms with Crippen LogP contribution in [0.3, 0.4) is 0 Å². The average Bonchev–Trinajstić information content (AvgIpc) is 3.03. The first-order valence-corrected chi connectivity index (χ1v) is 9.31. The number of nitrogens with one attached hydrogen (secondary N) is 1. The van der Waals surface area contributed by atoms with Crippen LogP contribution >= 0.6 is 0 Å². The number of Topliss-reactive ketones (excluding diaryl/α,β-unsaturated/α-hetero) is 1. The Kier molecular flexibility index (Phi) is 5.86. The molecule has 0 aliphatic heterocycles. The van der Waals surface area contributed by atoms with E-state index in [1.165, 1.54) is 4.80 Å². The molecule has 0 saturated carbocycles. The van der Waals surface area contributed by atoms with Crippen LogP contribution in [0.5, 0.6) is 5.75 Å². The third-order valence-corrected chi connectivity index (χ3v) is 4.48. The van der Waals surface area contributed by atoms with E-state index in [4.69, 9.17) is 0 Å². The van der Waals surface area contributed by atoms with Gasteiger partial charge in [-0.1, -0.05) is 26.0 Å². The lowest BCUT2D eigenvalue weighted by Crippen LogP contribution is -2.05. The lowest BCUT2D eigenvalue weighted by molar-refractivity contribution is -0.118. The number of hydrogen-bond donors (Lipinski definition) is 2. The summed E-state index contributed by atoms with van der Waals surface area (Å²) in [6, 6.07) is 11.1. The van der Waals surface area contributed by atoms with Crippen molar-refractivity contribution >= 4 is 16.8 Å². The number of phenolic OH excluding ortho intramolecular Hbond substituents is 1. The third-order valence-electron chi connectivity index (χ3n) is 4.48. The lowest BCUT2D eigenvalue weighted by Gasteiger charge is -2.07. The van der Waals surface area contributed by atoms with Crippen molar-refractivity contribution in [1.29, 1.82) is 0 Å². The molecule has 1 aromatic heterocycles. The molecule has 2 aromatic carbocycles. The number of phenols is 1. The molecule has 0 saturated heterocycles. The first-order valence-electron chi connectivity index (χ1n) is 9.31. The van der Waals surface area contributed by atoms with Gasteiger partial charge in [-0.3, -0.25) is 4.79 Å². The number of aromatic nitrogens is 3. The molecule has 3 rings (SSSR count). The van der Waals surface area contributed by atoms with Crippen molar-refractivity contribution in [2.24, 2.45) is 5.92 Å². The summed E-state index contributed by atoms with van der Waals surface area (Å²) in [6.07, 6.45) is 1.80. The second kappa shape index (κ2) is 8.31. The van der Waals surface area contributed by atoms with Crippen LogP contribution in [0.2, 0.25) is 0 Å². The quantitative estimate of drug-likeness (QED) is 0.639. The zero-order chi connectivity index (χ0) is 19.4. The summed E-state index contributed by atoms with van der Waals surface area (Å²) < 4.78 is 0. The van der Waals surface area contributed by atoms with Crippen LogP contribution in [-0.2, 0) is 17.8 Å². The van der Waals surface area contributed by atoms with Crippen LogP contribution in [0.15, 0.2) is 36.4 Å². The molecule has 3 aromatic rings. The summed E-state index contributed by atoms with van der Waals surface area (Å²) in [6.45, 7) is 4.97. The number of rotatable bonds is 8. The number of aromatic hydroxyl groups is 1. The largest absolute Gasteiger partial charge is 0.506 e. The highest BCUT2D eigenvalue weighted by atomic mass is 16.3. The van der Waals surface area contributed by atoms with Gasteiger partial charge in [0.15, 0.2) is 0 Å². The summed E-state index contributed by atoms with van der Waals surface area (Å²) in [5, 5.41) is 22.4. The van der Waals surface area contributed by atoms with Crippen molar-refractivity contribution in [3.05, 3.63) is 47.5 Å². The highest BCUT2D eigenvalue weighted by Crippen LogP contribution is 2.24. The van der Waals surface area contributed by atoms with Crippen LogP contribution in [0.25, 0.3) is 16.7 Å². The van der Waals surface area contributed by atoms with Crippen molar-refractivity contribution in [3.63, 3.8) is 0 Å². The molecule has 0 aliphatic carbocycles. The van der Waals surface area contributed by atoms with Crippen molar-refractivity contribution in [1.82, 2.24) is 20.3 Å². The van der Waals surface area contributed by atoms with Crippen molar-refractivity contribution in [2.45, 2.75) is 39.7 Å². The Labute approximate surface area is 159 Å². The minimum Gasteiger partial charge on any atom is -0.506 e. The molecule has 0 aliphatic rings. The number of carbonyl (C=O) groups is 1. The van der Waals surface area contributed by atoms with Gasteiger partial charge in [-0.2, -0.15) is 0 Å². The Balaban J connectivity index is 1.79. The zero-order valence-corrected chi connectivity index (χ0v) is 16.1. The van der Waals surface area contributed by atoms with Gasteiger partial charge in [-0.15, -0.1) is 15.0 Å². The molecular formula is C21H26N4O2. The van der Waals surface area contributed by atoms with Crippen LogP contribution < -0.4 is 5.32 Å². The maximum atomic E-state index is 12.1. The number of benzene rings is 2. The minimum absolute atomic E-state index is 0.0694. The molecule has 0 atom stereocenters. The summed E-state index contributed by atoms with van der Waals surface area (Å²) in [7, 11) is 1.90. The fourth-order valence-corrected chi connectivity index (χ4v) is 3.00. The van der Waals surface area contributed by atoms with E-state index in [1.807, 2.05) is 31.3 Å². The Bertz CT molecular complexity index is 947. The number of fused-ring (bicyclic) bond motifs is 1. The summed E-state index contributed by atoms with van der Waals surface area (Å²) >= 11 is 0. The SMILES string of the molecule is CNCc1ccc2nn(-c3ccc(CC(=O)CCC(C)C)cc3O)nc2c1. The third kappa shape index (κ3) is 4.71. The maximum absolute atomic E-state index is 12.1. The highest BCUT2D eigenvalue weighted by molar-refractivity contribution is 5.81. The maximum Gasteiger partial charge on any atom is 0.143 e. The van der Waals surface area contributed by atoms with Crippen molar-refractivity contribution in [2.75, 3.05) is 7.05 Å². The second-order valence-electron chi connectivity index (χ2n) is 7.31. The summed E-state index contributed by atoms with van der Waals surface area (Å²) in [5.74, 6) is 0.772. The monoisotopic (exact) mass is 366 g/mol. The summed E-state index contributed by atoms with van der Waals surface area (Å²) in [5.41, 5.74) is 3.96. The number of hydrogen-bond acceptors (Lipinski definition) is 5. The molecule has 1 heterocycles. The van der Waals surface area contributed by atoms with Crippen molar-refractivity contribution < 1.29 is 9.90 Å². The van der Waals surface area contributed by atoms with Gasteiger partial charge in [0.25, 0.3) is 0 Å². The van der Waals surface area contributed by atoms with Gasteiger partial charge in [0.05, 0.1) is 0 Å². The van der Waals surface area contributed by atoms with E-state index in [9.17, 15) is 9.90 Å². The fraction of sp³-hybridized carbons (Fsp3) is 0.381. The molecule has 0 unspecified atom stereocenters. The van der Waals surface area contributed by atoms with Crippen LogP contribution in [0.1, 0.15) is 37.8 Å². The molecule has 2 N–H and O–H groups in total. The van der Waals surface area contributed by atoms with Gasteiger partial charge in [-0.25, -0.2) is 0 Å². The van der Waals surface area contributed by atoms with E-state index in [-0.39, 0.29) is 11.5 Å². The van der Waals surface area contributed by atoms with Crippen LogP contribution in [-0.4, -0.2) is 32.9 Å². The molecule has 0 spiro atoms. The van der Waals surface area contributed by atoms with E-state index in [0.29, 0.717) is 24.4 Å². The topological polar surface area (TPSA) is 80.0 Å². The molecule has 6 nitrogen and oxygen atoms in total. The first-order chi connectivity index (χ1) is 13.0. The molecule has 6 heteroatoms. The molecule has 142 valence electrons. The van der Waals surface area contributed by atoms with Gasteiger partial charge in [0.1, 0.15) is 28.3 Å². The predicted octanol–water partition coefficient (Wildman–Crippen LogP) is 3.39. The van der Waals surface area contributed by atoms with Crippen molar-refractivity contribution in [3.8, 4) is 11.4 Å². The van der Waals surface area contributed by atoms with Gasteiger partial charge >= 0.3 is 0 Å². The molecule has 0 amide bonds. The van der Waals surface area contributed by atoms with Gasteiger partial charge in [-0.05, 0) is 54.8 Å². The van der Waals surface area contributed by atoms with Crippen LogP contribution in [0, 0.1) is 5.92 Å². The van der Waals surface area contributed by atoms with Gasteiger partial charge in [0.2, 0.25) is 0 Å². The van der Waals surface area contributed by atoms with Gasteiger partial charge < -0.3 is 10.4 Å². The molecule has 0 fully saturated rings. The second-order valence-corrected chi connectivity index (χ2v) is 7.31. The first kappa shape index (κ1) is 19.0. The molecule has 27 heavy (non-hydrogen) atoms. The zero-order valence-electron chi connectivity index (χ0n) is 16.1.